The van der Waals surface area contributed by atoms with Gasteiger partial charge in [-0.2, -0.15) is 0 Å². The van der Waals surface area contributed by atoms with Gasteiger partial charge < -0.3 is 10.6 Å². The summed E-state index contributed by atoms with van der Waals surface area (Å²) < 4.78 is 26.8. The summed E-state index contributed by atoms with van der Waals surface area (Å²) in [6.45, 7) is -0.334. The van der Waals surface area contributed by atoms with E-state index in [4.69, 9.17) is 23.2 Å². The van der Waals surface area contributed by atoms with Crippen LogP contribution in [0.3, 0.4) is 0 Å². The van der Waals surface area contributed by atoms with E-state index in [1.807, 2.05) is 0 Å². The fourth-order valence-electron chi connectivity index (χ4n) is 1.64. The molecule has 21 heavy (non-hydrogen) atoms. The van der Waals surface area contributed by atoms with Crippen molar-refractivity contribution in [3.63, 3.8) is 0 Å². The Hall–Kier alpha value is -1.85. The Morgan fingerprint density at radius 2 is 1.48 bits per heavy atom. The highest BCUT2D eigenvalue weighted by atomic mass is 35.5. The molecule has 0 heterocycles. The van der Waals surface area contributed by atoms with Gasteiger partial charge in [-0.1, -0.05) is 35.3 Å². The zero-order valence-corrected chi connectivity index (χ0v) is 12.1. The van der Waals surface area contributed by atoms with Crippen LogP contribution in [-0.4, -0.2) is 12.5 Å². The van der Waals surface area contributed by atoms with Gasteiger partial charge in [0, 0.05) is 0 Å². The topological polar surface area (TPSA) is 41.1 Å². The van der Waals surface area contributed by atoms with Crippen LogP contribution >= 0.6 is 23.2 Å². The van der Waals surface area contributed by atoms with E-state index in [0.717, 1.165) is 12.1 Å². The number of benzene rings is 2. The first kappa shape index (κ1) is 15.5. The van der Waals surface area contributed by atoms with E-state index in [2.05, 4.69) is 10.6 Å². The molecule has 1 amide bonds. The number of amides is 1. The monoisotopic (exact) mass is 330 g/mol. The predicted octanol–water partition coefficient (Wildman–Crippen LogP) is 4.32. The van der Waals surface area contributed by atoms with Gasteiger partial charge in [-0.15, -0.1) is 0 Å². The zero-order chi connectivity index (χ0) is 15.4. The summed E-state index contributed by atoms with van der Waals surface area (Å²) in [5.74, 6) is -2.09. The number of hydrogen-bond acceptors (Lipinski definition) is 2. The summed E-state index contributed by atoms with van der Waals surface area (Å²) in [6, 6.07) is 8.18. The molecular formula is C14H10Cl2F2N2O. The lowest BCUT2D eigenvalue weighted by molar-refractivity contribution is -0.114. The average molecular weight is 331 g/mol. The molecular weight excluding hydrogens is 321 g/mol. The predicted molar refractivity (Wildman–Crippen MR) is 79.9 cm³/mol. The van der Waals surface area contributed by atoms with Crippen LogP contribution in [0.15, 0.2) is 36.4 Å². The summed E-state index contributed by atoms with van der Waals surface area (Å²) in [6.07, 6.45) is 0. The van der Waals surface area contributed by atoms with Crippen LogP contribution in [0, 0.1) is 11.6 Å². The minimum Gasteiger partial charge on any atom is -0.371 e. The van der Waals surface area contributed by atoms with Gasteiger partial charge in [-0.05, 0) is 24.3 Å². The standard InChI is InChI=1S/C14H10Cl2F2N2O/c15-8-3-1-4-9(16)13(8)20-12(21)7-19-14-10(17)5-2-6-11(14)18/h1-6,19H,7H2,(H,20,21). The lowest BCUT2D eigenvalue weighted by atomic mass is 10.3. The lowest BCUT2D eigenvalue weighted by Crippen LogP contribution is -2.23. The molecule has 0 spiro atoms. The van der Waals surface area contributed by atoms with Crippen molar-refractivity contribution in [3.05, 3.63) is 58.1 Å². The molecule has 3 nitrogen and oxygen atoms in total. The van der Waals surface area contributed by atoms with Gasteiger partial charge in [0.1, 0.15) is 17.3 Å². The number of carbonyl (C=O) groups is 1. The molecule has 7 heteroatoms. The zero-order valence-electron chi connectivity index (χ0n) is 10.6. The van der Waals surface area contributed by atoms with Gasteiger partial charge in [-0.25, -0.2) is 8.78 Å². The molecule has 0 saturated heterocycles. The van der Waals surface area contributed by atoms with Gasteiger partial charge in [0.2, 0.25) is 5.91 Å². The maximum absolute atomic E-state index is 13.4. The van der Waals surface area contributed by atoms with Crippen LogP contribution in [0.25, 0.3) is 0 Å². The van der Waals surface area contributed by atoms with Crippen molar-refractivity contribution in [1.82, 2.24) is 0 Å². The number of rotatable bonds is 4. The minimum atomic E-state index is -0.779. The third kappa shape index (κ3) is 3.83. The summed E-state index contributed by atoms with van der Waals surface area (Å²) in [5.41, 5.74) is -0.112. The molecule has 0 bridgehead atoms. The van der Waals surface area contributed by atoms with Crippen LogP contribution in [0.2, 0.25) is 10.0 Å². The normalized spacial score (nSPS) is 10.3. The van der Waals surface area contributed by atoms with Crippen molar-refractivity contribution in [2.45, 2.75) is 0 Å². The van der Waals surface area contributed by atoms with E-state index in [1.165, 1.54) is 6.07 Å². The Kier molecular flexibility index (Phi) is 4.98. The van der Waals surface area contributed by atoms with Crippen molar-refractivity contribution in [1.29, 1.82) is 0 Å². The van der Waals surface area contributed by atoms with Crippen LogP contribution in [0.5, 0.6) is 0 Å². The van der Waals surface area contributed by atoms with Crippen LogP contribution in [-0.2, 0) is 4.79 Å². The lowest BCUT2D eigenvalue weighted by Gasteiger charge is -2.11. The van der Waals surface area contributed by atoms with Gasteiger partial charge in [0.15, 0.2) is 0 Å². The quantitative estimate of drug-likeness (QED) is 0.876. The molecule has 0 aromatic heterocycles. The number of nitrogens with one attached hydrogen (secondary N) is 2. The van der Waals surface area contributed by atoms with Crippen molar-refractivity contribution >= 4 is 40.5 Å². The van der Waals surface area contributed by atoms with Gasteiger partial charge in [-0.3, -0.25) is 4.79 Å². The number of hydrogen-bond donors (Lipinski definition) is 2. The number of para-hydroxylation sites is 2. The van der Waals surface area contributed by atoms with Crippen molar-refractivity contribution in [2.24, 2.45) is 0 Å². The summed E-state index contributed by atoms with van der Waals surface area (Å²) in [7, 11) is 0. The molecule has 0 saturated carbocycles. The van der Waals surface area contributed by atoms with E-state index in [9.17, 15) is 13.6 Å². The first-order valence-corrected chi connectivity index (χ1v) is 6.66. The second-order valence-corrected chi connectivity index (χ2v) is 4.91. The first-order valence-electron chi connectivity index (χ1n) is 5.91. The largest absolute Gasteiger partial charge is 0.371 e. The summed E-state index contributed by atoms with van der Waals surface area (Å²) >= 11 is 11.8. The first-order chi connectivity index (χ1) is 9.99. The maximum Gasteiger partial charge on any atom is 0.243 e. The highest BCUT2D eigenvalue weighted by Gasteiger charge is 2.12. The van der Waals surface area contributed by atoms with Crippen molar-refractivity contribution in [2.75, 3.05) is 17.2 Å². The van der Waals surface area contributed by atoms with Crippen LogP contribution in [0.4, 0.5) is 20.2 Å². The second-order valence-electron chi connectivity index (χ2n) is 4.10. The molecule has 0 radical (unpaired) electrons. The van der Waals surface area contributed by atoms with Crippen LogP contribution < -0.4 is 10.6 Å². The second kappa shape index (κ2) is 6.74. The SMILES string of the molecule is O=C(CNc1c(F)cccc1F)Nc1c(Cl)cccc1Cl. The third-order valence-electron chi connectivity index (χ3n) is 2.62. The fourth-order valence-corrected chi connectivity index (χ4v) is 2.13. The molecule has 0 aliphatic rings. The average Bonchev–Trinajstić information content (AvgIpc) is 2.42. The molecule has 2 N–H and O–H groups in total. The smallest absolute Gasteiger partial charge is 0.243 e. The number of anilines is 2. The molecule has 2 aromatic carbocycles. The molecule has 0 atom stereocenters. The molecule has 2 aromatic rings. The molecule has 0 unspecified atom stereocenters. The Morgan fingerprint density at radius 3 is 2.05 bits per heavy atom. The van der Waals surface area contributed by atoms with Crippen molar-refractivity contribution < 1.29 is 13.6 Å². The fraction of sp³-hybridized carbons (Fsp3) is 0.0714. The highest BCUT2D eigenvalue weighted by Crippen LogP contribution is 2.29. The van der Waals surface area contributed by atoms with E-state index < -0.39 is 17.5 Å². The minimum absolute atomic E-state index is 0.252. The molecule has 2 rings (SSSR count). The van der Waals surface area contributed by atoms with E-state index in [1.54, 1.807) is 18.2 Å². The molecule has 0 aliphatic heterocycles. The van der Waals surface area contributed by atoms with Crippen LogP contribution in [0.1, 0.15) is 0 Å². The van der Waals surface area contributed by atoms with Gasteiger partial charge >= 0.3 is 0 Å². The Bertz CT molecular complexity index is 640. The number of halogens is 4. The third-order valence-corrected chi connectivity index (χ3v) is 3.25. The van der Waals surface area contributed by atoms with E-state index >= 15 is 0 Å². The van der Waals surface area contributed by atoms with E-state index in [-0.39, 0.29) is 28.0 Å². The summed E-state index contributed by atoms with van der Waals surface area (Å²) in [5, 5.41) is 5.41. The van der Waals surface area contributed by atoms with Gasteiger partial charge in [0.05, 0.1) is 22.3 Å². The Morgan fingerprint density at radius 1 is 0.952 bits per heavy atom. The summed E-state index contributed by atoms with van der Waals surface area (Å²) in [4.78, 5) is 11.8. The molecule has 110 valence electrons. The number of carbonyl (C=O) groups excluding carboxylic acids is 1. The Labute approximate surface area is 129 Å². The van der Waals surface area contributed by atoms with Crippen molar-refractivity contribution in [3.8, 4) is 0 Å². The van der Waals surface area contributed by atoms with Gasteiger partial charge in [0.25, 0.3) is 0 Å². The highest BCUT2D eigenvalue weighted by molar-refractivity contribution is 6.39. The Balaban J connectivity index is 2.03. The molecule has 0 aliphatic carbocycles. The maximum atomic E-state index is 13.4. The van der Waals surface area contributed by atoms with E-state index in [0.29, 0.717) is 0 Å². The molecule has 0 fully saturated rings.